The van der Waals surface area contributed by atoms with E-state index in [1.807, 2.05) is 0 Å². The van der Waals surface area contributed by atoms with Gasteiger partial charge in [0.1, 0.15) is 4.83 Å². The third-order valence-electron chi connectivity index (χ3n) is 6.19. The zero-order valence-electron chi connectivity index (χ0n) is 17.4. The van der Waals surface area contributed by atoms with E-state index in [0.717, 1.165) is 31.2 Å². The van der Waals surface area contributed by atoms with Gasteiger partial charge in [0, 0.05) is 30.2 Å². The first-order chi connectivity index (χ1) is 15.7. The number of hydrogen-bond donors (Lipinski definition) is 2. The van der Waals surface area contributed by atoms with E-state index >= 15 is 0 Å². The topological polar surface area (TPSA) is 109 Å². The molecule has 2 N–H and O–H groups in total. The van der Waals surface area contributed by atoms with E-state index in [9.17, 15) is 19.5 Å². The maximum absolute atomic E-state index is 12.5. The van der Waals surface area contributed by atoms with Crippen molar-refractivity contribution in [2.75, 3.05) is 5.32 Å². The molecule has 4 rings (SSSR count). The summed E-state index contributed by atoms with van der Waals surface area (Å²) in [6.07, 6.45) is 6.21. The van der Waals surface area contributed by atoms with Crippen LogP contribution in [0.1, 0.15) is 41.6 Å². The summed E-state index contributed by atoms with van der Waals surface area (Å²) < 4.78 is 0. The van der Waals surface area contributed by atoms with Gasteiger partial charge in [-0.25, -0.2) is 4.79 Å². The smallest absolute Gasteiger partial charge is 0.328 e. The predicted molar refractivity (Wildman–Crippen MR) is 130 cm³/mol. The number of carboxylic acid groups (broad SMARTS) is 1. The Kier molecular flexibility index (Phi) is 6.88. The van der Waals surface area contributed by atoms with Gasteiger partial charge >= 0.3 is 5.97 Å². The number of amides is 1. The van der Waals surface area contributed by atoms with Crippen molar-refractivity contribution in [3.05, 3.63) is 57.8 Å². The van der Waals surface area contributed by atoms with Crippen LogP contribution in [0.25, 0.3) is 0 Å². The van der Waals surface area contributed by atoms with Crippen LogP contribution in [0.5, 0.6) is 0 Å². The molecule has 7 nitrogen and oxygen atoms in total. The Morgan fingerprint density at radius 3 is 2.36 bits per heavy atom. The van der Waals surface area contributed by atoms with Crippen LogP contribution in [0, 0.1) is 5.41 Å². The molecular weight excluding hydrogens is 533 g/mol. The number of carbonyl (C=O) groups excluding carboxylic acids is 2. The highest BCUT2D eigenvalue weighted by atomic mass is 79.9. The van der Waals surface area contributed by atoms with Crippen molar-refractivity contribution in [3.8, 4) is 0 Å². The molecule has 1 spiro atoms. The number of nitrogens with zero attached hydrogens (tertiary/aromatic N) is 2. The first-order valence-electron chi connectivity index (χ1n) is 10.4. The highest BCUT2D eigenvalue weighted by molar-refractivity contribution is 9.10. The molecule has 1 heterocycles. The summed E-state index contributed by atoms with van der Waals surface area (Å²) in [5, 5.41) is 12.7. The van der Waals surface area contributed by atoms with Crippen molar-refractivity contribution in [1.29, 1.82) is 0 Å². The highest BCUT2D eigenvalue weighted by Crippen LogP contribution is 2.51. The van der Waals surface area contributed by atoms with Crippen molar-refractivity contribution >= 4 is 68.2 Å². The van der Waals surface area contributed by atoms with Crippen LogP contribution in [0.15, 0.2) is 41.7 Å². The summed E-state index contributed by atoms with van der Waals surface area (Å²) in [5.41, 5.74) is 1.44. The number of aliphatic imine (C=N–C) groups is 1. The summed E-state index contributed by atoms with van der Waals surface area (Å²) in [4.78, 5) is 44.7. The first-order valence-corrected chi connectivity index (χ1v) is 12.1. The van der Waals surface area contributed by atoms with Crippen LogP contribution < -0.4 is 5.32 Å². The van der Waals surface area contributed by atoms with Crippen molar-refractivity contribution in [1.82, 2.24) is 4.98 Å². The molecule has 2 atom stereocenters. The Bertz CT molecular complexity index is 1130. The maximum atomic E-state index is 12.5. The molecule has 0 bridgehead atoms. The Morgan fingerprint density at radius 2 is 1.79 bits per heavy atom. The molecule has 10 heteroatoms. The minimum Gasteiger partial charge on any atom is -0.480 e. The second-order valence-corrected chi connectivity index (χ2v) is 9.95. The molecule has 1 unspecified atom stereocenters. The molecule has 0 saturated heterocycles. The average molecular weight is 553 g/mol. The fourth-order valence-corrected chi connectivity index (χ4v) is 5.98. The van der Waals surface area contributed by atoms with E-state index in [1.54, 1.807) is 24.3 Å². The Balaban J connectivity index is 1.48. The molecule has 2 saturated carbocycles. The first kappa shape index (κ1) is 23.9. The van der Waals surface area contributed by atoms with E-state index in [1.165, 1.54) is 12.4 Å². The number of carbonyl (C=O) groups is 3. The van der Waals surface area contributed by atoms with Crippen molar-refractivity contribution < 1.29 is 19.5 Å². The lowest BCUT2D eigenvalue weighted by molar-refractivity contribution is -0.138. The number of halogens is 3. The number of Topliss-reactive ketones (excluding diaryl/α,β-unsaturated/α-hetero) is 1. The zero-order chi connectivity index (χ0) is 23.8. The van der Waals surface area contributed by atoms with Gasteiger partial charge in [-0.3, -0.25) is 19.6 Å². The van der Waals surface area contributed by atoms with Crippen LogP contribution in [-0.2, 0) is 16.0 Å². The molecule has 0 aliphatic heterocycles. The lowest BCUT2D eigenvalue weighted by Gasteiger charge is -2.42. The van der Waals surface area contributed by atoms with Crippen molar-refractivity contribution in [2.45, 2.75) is 43.0 Å². The number of benzene rings is 1. The van der Waals surface area contributed by atoms with E-state index in [0.29, 0.717) is 11.4 Å². The number of alkyl halides is 1. The van der Waals surface area contributed by atoms with Gasteiger partial charge in [0.15, 0.2) is 11.8 Å². The third kappa shape index (κ3) is 4.56. The third-order valence-corrected chi connectivity index (χ3v) is 7.61. The van der Waals surface area contributed by atoms with Crippen molar-refractivity contribution in [3.63, 3.8) is 0 Å². The second-order valence-electron chi connectivity index (χ2n) is 8.22. The molecule has 2 aromatic rings. The van der Waals surface area contributed by atoms with Crippen molar-refractivity contribution in [2.24, 2.45) is 10.4 Å². The molecule has 2 aliphatic rings. The quantitative estimate of drug-likeness (QED) is 0.491. The van der Waals surface area contributed by atoms with Gasteiger partial charge in [-0.2, -0.15) is 0 Å². The van der Waals surface area contributed by atoms with Crippen LogP contribution >= 0.6 is 39.1 Å². The predicted octanol–water partition coefficient (Wildman–Crippen LogP) is 4.98. The van der Waals surface area contributed by atoms with Crippen LogP contribution in [-0.4, -0.2) is 44.3 Å². The Labute approximate surface area is 208 Å². The summed E-state index contributed by atoms with van der Waals surface area (Å²) in [6, 6.07) is 5.79. The summed E-state index contributed by atoms with van der Waals surface area (Å²) >= 11 is 15.4. The lowest BCUT2D eigenvalue weighted by Crippen LogP contribution is -2.59. The van der Waals surface area contributed by atoms with Gasteiger partial charge in [0.2, 0.25) is 0 Å². The lowest BCUT2D eigenvalue weighted by atomic mass is 9.64. The fraction of sp³-hybridized carbons (Fsp3) is 0.348. The Morgan fingerprint density at radius 1 is 1.18 bits per heavy atom. The van der Waals surface area contributed by atoms with E-state index in [2.05, 4.69) is 31.2 Å². The minimum absolute atomic E-state index is 0.109. The SMILES string of the molecule is O=C(Nc1ccc(C[C@H](N=C2C(Br)C(=O)C23CCCC3)C(=O)O)cc1)c1c(Cl)cncc1Cl. The number of hydrogen-bond acceptors (Lipinski definition) is 5. The molecule has 2 aliphatic carbocycles. The molecule has 1 aromatic heterocycles. The molecule has 0 radical (unpaired) electrons. The number of nitrogens with one attached hydrogen (secondary N) is 1. The van der Waals surface area contributed by atoms with Crippen LogP contribution in [0.4, 0.5) is 5.69 Å². The molecular formula is C23H20BrCl2N3O4. The van der Waals surface area contributed by atoms with E-state index < -0.39 is 28.2 Å². The van der Waals surface area contributed by atoms with Gasteiger partial charge < -0.3 is 10.4 Å². The fourth-order valence-electron chi connectivity index (χ4n) is 4.45. The molecule has 1 aromatic carbocycles. The highest BCUT2D eigenvalue weighted by Gasteiger charge is 2.59. The van der Waals surface area contributed by atoms with Gasteiger partial charge in [0.25, 0.3) is 5.91 Å². The standard InChI is InChI=1S/C23H20BrCl2N3O4/c24-18-19(23(20(18)30)7-1-2-8-23)29-16(22(32)33)9-12-3-5-13(6-4-12)28-21(31)17-14(25)10-27-11-15(17)26/h3-6,10-11,16,18H,1-2,7-9H2,(H,28,31)(H,32,33)/t16-,18?/m0/s1. The second kappa shape index (κ2) is 9.52. The van der Waals surface area contributed by atoms with E-state index in [4.69, 9.17) is 23.2 Å². The normalized spacial score (nSPS) is 21.1. The maximum Gasteiger partial charge on any atom is 0.328 e. The monoisotopic (exact) mass is 551 g/mol. The number of anilines is 1. The molecule has 33 heavy (non-hydrogen) atoms. The number of aromatic nitrogens is 1. The van der Waals surface area contributed by atoms with E-state index in [-0.39, 0.29) is 27.8 Å². The zero-order valence-corrected chi connectivity index (χ0v) is 20.5. The minimum atomic E-state index is -1.05. The van der Waals surface area contributed by atoms with Gasteiger partial charge in [-0.05, 0) is 30.5 Å². The summed E-state index contributed by atoms with van der Waals surface area (Å²) in [5.74, 6) is -1.42. The van der Waals surface area contributed by atoms with Gasteiger partial charge in [0.05, 0.1) is 21.0 Å². The van der Waals surface area contributed by atoms with Gasteiger partial charge in [-0.1, -0.05) is 64.1 Å². The average Bonchev–Trinajstić information content (AvgIpc) is 3.29. The van der Waals surface area contributed by atoms with Crippen LogP contribution in [0.2, 0.25) is 10.0 Å². The molecule has 2 fully saturated rings. The molecule has 1 amide bonds. The number of rotatable bonds is 6. The molecule has 172 valence electrons. The summed E-state index contributed by atoms with van der Waals surface area (Å²) in [7, 11) is 0. The number of ketones is 1. The largest absolute Gasteiger partial charge is 0.480 e. The van der Waals surface area contributed by atoms with Gasteiger partial charge in [-0.15, -0.1) is 0 Å². The Hall–Kier alpha value is -2.29. The number of aliphatic carboxylic acids is 1. The number of carboxylic acids is 1. The number of pyridine rings is 1. The summed E-state index contributed by atoms with van der Waals surface area (Å²) in [6.45, 7) is 0. The van der Waals surface area contributed by atoms with Crippen LogP contribution in [0.3, 0.4) is 0 Å².